The Morgan fingerprint density at radius 1 is 1.46 bits per heavy atom. The van der Waals surface area contributed by atoms with Crippen LogP contribution in [0.5, 0.6) is 0 Å². The number of hydrogen-bond donors (Lipinski definition) is 3. The summed E-state index contributed by atoms with van der Waals surface area (Å²) in [5.74, 6) is 0.675. The predicted molar refractivity (Wildman–Crippen MR) is 54.8 cm³/mol. The van der Waals surface area contributed by atoms with Crippen LogP contribution >= 0.6 is 0 Å². The zero-order valence-corrected chi connectivity index (χ0v) is 8.41. The maximum Gasteiger partial charge on any atom is 0.154 e. The van der Waals surface area contributed by atoms with Gasteiger partial charge < -0.3 is 16.8 Å². The molecule has 2 unspecified atom stereocenters. The molecule has 5 N–H and O–H groups in total. The molecule has 0 radical (unpaired) electrons. The molecule has 4 nitrogen and oxygen atoms in total. The van der Waals surface area contributed by atoms with Crippen molar-refractivity contribution in [3.05, 3.63) is 11.9 Å². The fraction of sp³-hybridized carbons (Fsp3) is 0.667. The van der Waals surface area contributed by atoms with E-state index in [0.29, 0.717) is 11.6 Å². The first-order chi connectivity index (χ1) is 5.98. The highest BCUT2D eigenvalue weighted by Crippen LogP contribution is 2.28. The molecule has 1 heterocycles. The Kier molecular flexibility index (Phi) is 2.61. The molecular weight excluding hydrogens is 164 g/mol. The molecule has 0 saturated carbocycles. The minimum atomic E-state index is -0.737. The van der Waals surface area contributed by atoms with Gasteiger partial charge in [-0.25, -0.2) is 4.99 Å². The summed E-state index contributed by atoms with van der Waals surface area (Å²) in [6, 6.07) is 0. The molecule has 4 heteroatoms. The van der Waals surface area contributed by atoms with Crippen LogP contribution in [0, 0.1) is 11.8 Å². The Morgan fingerprint density at radius 3 is 2.54 bits per heavy atom. The lowest BCUT2D eigenvalue weighted by molar-refractivity contribution is 0.268. The van der Waals surface area contributed by atoms with E-state index in [0.717, 1.165) is 0 Å². The van der Waals surface area contributed by atoms with Gasteiger partial charge in [0.2, 0.25) is 0 Å². The molecule has 0 aromatic rings. The van der Waals surface area contributed by atoms with Gasteiger partial charge in [-0.15, -0.1) is 0 Å². The molecule has 2 atom stereocenters. The van der Waals surface area contributed by atoms with E-state index in [4.69, 9.17) is 11.5 Å². The minimum absolute atomic E-state index is 0.224. The number of rotatable bonds is 2. The number of aliphatic imine (C=N–C) groups is 1. The summed E-state index contributed by atoms with van der Waals surface area (Å²) in [6.45, 7) is 6.29. The van der Waals surface area contributed by atoms with Gasteiger partial charge in [0.25, 0.3) is 0 Å². The van der Waals surface area contributed by atoms with Crippen molar-refractivity contribution < 1.29 is 0 Å². The van der Waals surface area contributed by atoms with Gasteiger partial charge in [0.1, 0.15) is 0 Å². The van der Waals surface area contributed by atoms with E-state index < -0.39 is 5.66 Å². The van der Waals surface area contributed by atoms with Crippen molar-refractivity contribution in [2.75, 3.05) is 0 Å². The van der Waals surface area contributed by atoms with Crippen LogP contribution in [0.3, 0.4) is 0 Å². The van der Waals surface area contributed by atoms with Crippen LogP contribution in [0.4, 0.5) is 0 Å². The second-order valence-electron chi connectivity index (χ2n) is 3.88. The van der Waals surface area contributed by atoms with Crippen LogP contribution in [-0.2, 0) is 0 Å². The summed E-state index contributed by atoms with van der Waals surface area (Å²) >= 11 is 0. The predicted octanol–water partition coefficient (Wildman–Crippen LogP) is 0.365. The lowest BCUT2D eigenvalue weighted by atomic mass is 9.83. The van der Waals surface area contributed by atoms with E-state index in [1.165, 1.54) is 0 Å². The van der Waals surface area contributed by atoms with Crippen molar-refractivity contribution in [1.29, 1.82) is 0 Å². The van der Waals surface area contributed by atoms with Gasteiger partial charge in [0, 0.05) is 12.1 Å². The maximum absolute atomic E-state index is 6.12. The molecule has 74 valence electrons. The fourth-order valence-corrected chi connectivity index (χ4v) is 1.35. The molecule has 1 rings (SSSR count). The van der Waals surface area contributed by atoms with Crippen molar-refractivity contribution in [3.63, 3.8) is 0 Å². The van der Waals surface area contributed by atoms with E-state index in [1.54, 1.807) is 12.5 Å². The molecule has 1 aliphatic rings. The van der Waals surface area contributed by atoms with Gasteiger partial charge in [-0.3, -0.25) is 0 Å². The molecule has 0 amide bonds. The molecule has 0 aromatic heterocycles. The average molecular weight is 182 g/mol. The first-order valence-electron chi connectivity index (χ1n) is 4.53. The highest BCUT2D eigenvalue weighted by molar-refractivity contribution is 5.59. The van der Waals surface area contributed by atoms with E-state index in [2.05, 4.69) is 31.1 Å². The van der Waals surface area contributed by atoms with E-state index in [9.17, 15) is 0 Å². The van der Waals surface area contributed by atoms with Crippen molar-refractivity contribution in [2.45, 2.75) is 26.4 Å². The zero-order chi connectivity index (χ0) is 10.1. The molecule has 0 fully saturated rings. The van der Waals surface area contributed by atoms with Crippen LogP contribution in [-0.4, -0.2) is 12.0 Å². The Morgan fingerprint density at radius 2 is 2.08 bits per heavy atom. The molecule has 1 aliphatic heterocycles. The summed E-state index contributed by atoms with van der Waals surface area (Å²) in [7, 11) is 0. The van der Waals surface area contributed by atoms with Gasteiger partial charge >= 0.3 is 0 Å². The molecule has 13 heavy (non-hydrogen) atoms. The fourth-order valence-electron chi connectivity index (χ4n) is 1.35. The second kappa shape index (κ2) is 3.38. The SMILES string of the molecule is CC(C)C(C)C1(N)N=CNC=C1N. The lowest BCUT2D eigenvalue weighted by Crippen LogP contribution is -2.52. The van der Waals surface area contributed by atoms with Crippen molar-refractivity contribution in [1.82, 2.24) is 5.32 Å². The van der Waals surface area contributed by atoms with Gasteiger partial charge in [-0.05, 0) is 5.92 Å². The third kappa shape index (κ3) is 1.67. The van der Waals surface area contributed by atoms with E-state index in [1.807, 2.05) is 0 Å². The largest absolute Gasteiger partial charge is 0.398 e. The third-order valence-corrected chi connectivity index (χ3v) is 2.75. The average Bonchev–Trinajstić information content (AvgIpc) is 2.09. The Bertz CT molecular complexity index is 244. The Balaban J connectivity index is 2.91. The number of nitrogens with zero attached hydrogens (tertiary/aromatic N) is 1. The van der Waals surface area contributed by atoms with E-state index >= 15 is 0 Å². The molecule has 0 bridgehead atoms. The van der Waals surface area contributed by atoms with E-state index in [-0.39, 0.29) is 5.92 Å². The van der Waals surface area contributed by atoms with Crippen LogP contribution in [0.2, 0.25) is 0 Å². The normalized spacial score (nSPS) is 29.8. The second-order valence-corrected chi connectivity index (χ2v) is 3.88. The third-order valence-electron chi connectivity index (χ3n) is 2.75. The van der Waals surface area contributed by atoms with Gasteiger partial charge in [0.15, 0.2) is 5.66 Å². The molecule has 0 aromatic carbocycles. The summed E-state index contributed by atoms with van der Waals surface area (Å²) < 4.78 is 0. The van der Waals surface area contributed by atoms with Gasteiger partial charge in [-0.2, -0.15) is 0 Å². The smallest absolute Gasteiger partial charge is 0.154 e. The van der Waals surface area contributed by atoms with Crippen molar-refractivity contribution in [2.24, 2.45) is 28.3 Å². The summed E-state index contributed by atoms with van der Waals surface area (Å²) in [5.41, 5.74) is 11.8. The van der Waals surface area contributed by atoms with Crippen molar-refractivity contribution in [3.8, 4) is 0 Å². The van der Waals surface area contributed by atoms with Crippen molar-refractivity contribution >= 4 is 6.34 Å². The lowest BCUT2D eigenvalue weighted by Gasteiger charge is -2.35. The van der Waals surface area contributed by atoms with Crippen LogP contribution in [0.25, 0.3) is 0 Å². The molecular formula is C9H18N4. The van der Waals surface area contributed by atoms with Gasteiger partial charge in [-0.1, -0.05) is 20.8 Å². The zero-order valence-electron chi connectivity index (χ0n) is 8.41. The Hall–Kier alpha value is -1.03. The summed E-state index contributed by atoms with van der Waals surface area (Å²) in [6.07, 6.45) is 3.29. The molecule has 0 aliphatic carbocycles. The minimum Gasteiger partial charge on any atom is -0.398 e. The standard InChI is InChI=1S/C9H18N4/c1-6(2)7(3)9(11)8(10)4-12-5-13-9/h4-7H,10-11H2,1-3H3,(H,12,13). The van der Waals surface area contributed by atoms with Crippen LogP contribution in [0.1, 0.15) is 20.8 Å². The van der Waals surface area contributed by atoms with Crippen LogP contribution < -0.4 is 16.8 Å². The summed E-state index contributed by atoms with van der Waals surface area (Å²) in [4.78, 5) is 4.21. The quantitative estimate of drug-likeness (QED) is 0.577. The number of nitrogens with two attached hydrogens (primary N) is 2. The maximum atomic E-state index is 6.12. The molecule has 0 saturated heterocycles. The van der Waals surface area contributed by atoms with Gasteiger partial charge in [0.05, 0.1) is 12.0 Å². The van der Waals surface area contributed by atoms with Crippen LogP contribution in [0.15, 0.2) is 16.9 Å². The first-order valence-corrected chi connectivity index (χ1v) is 4.53. The monoisotopic (exact) mass is 182 g/mol. The number of hydrogen-bond acceptors (Lipinski definition) is 4. The summed E-state index contributed by atoms with van der Waals surface area (Å²) in [5, 5.41) is 2.82. The Labute approximate surface area is 79.1 Å². The number of nitrogens with one attached hydrogen (secondary N) is 1. The molecule has 0 spiro atoms. The highest BCUT2D eigenvalue weighted by atomic mass is 15.1. The highest BCUT2D eigenvalue weighted by Gasteiger charge is 2.36. The topological polar surface area (TPSA) is 76.4 Å². The first kappa shape index (κ1) is 10.1.